The molecule has 2 aromatic carbocycles. The first-order chi connectivity index (χ1) is 9.93. The molecule has 0 atom stereocenters. The molecule has 2 N–H and O–H groups in total. The predicted octanol–water partition coefficient (Wildman–Crippen LogP) is 3.87. The van der Waals surface area contributed by atoms with Crippen LogP contribution >= 0.6 is 22.6 Å². The molecule has 0 bridgehead atoms. The van der Waals surface area contributed by atoms with E-state index in [-0.39, 0.29) is 12.4 Å². The van der Waals surface area contributed by atoms with Crippen molar-refractivity contribution in [1.29, 1.82) is 0 Å². The van der Waals surface area contributed by atoms with Gasteiger partial charge in [-0.15, -0.1) is 0 Å². The molecule has 0 aliphatic heterocycles. The fraction of sp³-hybridized carbons (Fsp3) is 0.235. The van der Waals surface area contributed by atoms with Gasteiger partial charge in [-0.1, -0.05) is 29.8 Å². The molecule has 110 valence electrons. The number of carbonyl (C=O) groups excluding carboxylic acids is 1. The van der Waals surface area contributed by atoms with Gasteiger partial charge in [-0.25, -0.2) is 0 Å². The van der Waals surface area contributed by atoms with Crippen LogP contribution in [0.4, 0.5) is 5.69 Å². The second-order valence-electron chi connectivity index (χ2n) is 5.04. The van der Waals surface area contributed by atoms with Crippen molar-refractivity contribution >= 4 is 34.2 Å². The highest BCUT2D eigenvalue weighted by molar-refractivity contribution is 14.1. The molecule has 3 nitrogen and oxygen atoms in total. The number of carbonyl (C=O) groups is 1. The Balaban J connectivity index is 2.62. The lowest BCUT2D eigenvalue weighted by atomic mass is 9.92. The van der Waals surface area contributed by atoms with E-state index in [0.29, 0.717) is 0 Å². The number of ether oxygens (including phenoxy) is 1. The number of nitrogen functional groups attached to an aromatic ring is 1. The minimum Gasteiger partial charge on any atom is -0.469 e. The van der Waals surface area contributed by atoms with E-state index in [1.54, 1.807) is 0 Å². The lowest BCUT2D eigenvalue weighted by Crippen LogP contribution is -2.09. The summed E-state index contributed by atoms with van der Waals surface area (Å²) in [5.74, 6) is -0.257. The highest BCUT2D eigenvalue weighted by Crippen LogP contribution is 2.33. The Morgan fingerprint density at radius 3 is 2.43 bits per heavy atom. The van der Waals surface area contributed by atoms with E-state index >= 15 is 0 Å². The normalized spacial score (nSPS) is 10.5. The number of rotatable bonds is 3. The molecule has 0 fully saturated rings. The van der Waals surface area contributed by atoms with E-state index in [0.717, 1.165) is 31.5 Å². The summed E-state index contributed by atoms with van der Waals surface area (Å²) in [5, 5.41) is 0. The van der Waals surface area contributed by atoms with Gasteiger partial charge in [-0.2, -0.15) is 0 Å². The maximum absolute atomic E-state index is 11.7. The van der Waals surface area contributed by atoms with Crippen LogP contribution in [0.2, 0.25) is 0 Å². The van der Waals surface area contributed by atoms with Crippen molar-refractivity contribution < 1.29 is 9.53 Å². The van der Waals surface area contributed by atoms with Gasteiger partial charge in [0, 0.05) is 9.26 Å². The van der Waals surface area contributed by atoms with Crippen molar-refractivity contribution in [2.45, 2.75) is 20.3 Å². The number of halogens is 1. The molecule has 0 saturated carbocycles. The fourth-order valence-electron chi connectivity index (χ4n) is 2.27. The first-order valence-corrected chi connectivity index (χ1v) is 7.73. The third-order valence-corrected chi connectivity index (χ3v) is 4.51. The van der Waals surface area contributed by atoms with Gasteiger partial charge in [0.05, 0.1) is 13.5 Å². The number of hydrogen-bond acceptors (Lipinski definition) is 3. The summed E-state index contributed by atoms with van der Waals surface area (Å²) < 4.78 is 5.80. The number of aryl methyl sites for hydroxylation is 1. The van der Waals surface area contributed by atoms with Crippen LogP contribution in [-0.2, 0) is 16.0 Å². The van der Waals surface area contributed by atoms with Crippen LogP contribution in [0, 0.1) is 17.4 Å². The van der Waals surface area contributed by atoms with Gasteiger partial charge in [0.2, 0.25) is 0 Å². The Labute approximate surface area is 138 Å². The molecule has 0 amide bonds. The molecule has 0 aliphatic rings. The fourth-order valence-corrected chi connectivity index (χ4v) is 2.99. The molecule has 0 aliphatic carbocycles. The van der Waals surface area contributed by atoms with Crippen molar-refractivity contribution in [3.05, 3.63) is 50.6 Å². The van der Waals surface area contributed by atoms with Crippen LogP contribution in [0.1, 0.15) is 16.7 Å². The molecule has 0 aromatic heterocycles. The SMILES string of the molecule is COC(=O)Cc1c(-c2ccc(C)cc2)cc(I)c(N)c1C. The molecule has 0 radical (unpaired) electrons. The summed E-state index contributed by atoms with van der Waals surface area (Å²) >= 11 is 2.23. The summed E-state index contributed by atoms with van der Waals surface area (Å²) in [5.41, 5.74) is 12.0. The van der Waals surface area contributed by atoms with Gasteiger partial charge in [0.15, 0.2) is 0 Å². The Morgan fingerprint density at radius 1 is 1.24 bits per heavy atom. The van der Waals surface area contributed by atoms with Crippen LogP contribution < -0.4 is 5.73 Å². The first kappa shape index (κ1) is 15.8. The van der Waals surface area contributed by atoms with E-state index in [4.69, 9.17) is 10.5 Å². The standard InChI is InChI=1S/C17H18INO2/c1-10-4-6-12(7-5-10)14-8-15(18)17(19)11(2)13(14)9-16(20)21-3/h4-8H,9,19H2,1-3H3. The zero-order valence-electron chi connectivity index (χ0n) is 12.4. The zero-order valence-corrected chi connectivity index (χ0v) is 14.5. The molecule has 21 heavy (non-hydrogen) atoms. The maximum Gasteiger partial charge on any atom is 0.310 e. The minimum absolute atomic E-state index is 0.229. The maximum atomic E-state index is 11.7. The molecular formula is C17H18INO2. The molecule has 0 heterocycles. The average Bonchev–Trinajstić information content (AvgIpc) is 2.48. The average molecular weight is 395 g/mol. The Bertz CT molecular complexity index is 678. The van der Waals surface area contributed by atoms with Crippen LogP contribution in [0.3, 0.4) is 0 Å². The summed E-state index contributed by atoms with van der Waals surface area (Å²) in [6.07, 6.45) is 0.229. The Kier molecular flexibility index (Phi) is 4.88. The lowest BCUT2D eigenvalue weighted by molar-refractivity contribution is -0.139. The number of methoxy groups -OCH3 is 1. The molecule has 4 heteroatoms. The molecule has 0 spiro atoms. The highest BCUT2D eigenvalue weighted by atomic mass is 127. The number of anilines is 1. The summed E-state index contributed by atoms with van der Waals surface area (Å²) in [4.78, 5) is 11.7. The van der Waals surface area contributed by atoms with Crippen LogP contribution in [0.15, 0.2) is 30.3 Å². The third kappa shape index (κ3) is 3.37. The Hall–Kier alpha value is -1.56. The Morgan fingerprint density at radius 2 is 1.86 bits per heavy atom. The molecule has 2 aromatic rings. The highest BCUT2D eigenvalue weighted by Gasteiger charge is 2.16. The van der Waals surface area contributed by atoms with Gasteiger partial charge in [-0.3, -0.25) is 4.79 Å². The monoisotopic (exact) mass is 395 g/mol. The molecule has 2 rings (SSSR count). The minimum atomic E-state index is -0.257. The van der Waals surface area contributed by atoms with E-state index in [1.807, 2.05) is 13.0 Å². The van der Waals surface area contributed by atoms with E-state index in [1.165, 1.54) is 12.7 Å². The molecule has 0 unspecified atom stereocenters. The second-order valence-corrected chi connectivity index (χ2v) is 6.20. The van der Waals surface area contributed by atoms with Crippen LogP contribution in [0.5, 0.6) is 0 Å². The van der Waals surface area contributed by atoms with Crippen LogP contribution in [-0.4, -0.2) is 13.1 Å². The molecule has 0 saturated heterocycles. The van der Waals surface area contributed by atoms with Gasteiger partial charge in [0.25, 0.3) is 0 Å². The quantitative estimate of drug-likeness (QED) is 0.488. The number of esters is 1. The van der Waals surface area contributed by atoms with Gasteiger partial charge < -0.3 is 10.5 Å². The van der Waals surface area contributed by atoms with Gasteiger partial charge in [0.1, 0.15) is 0 Å². The van der Waals surface area contributed by atoms with Gasteiger partial charge >= 0.3 is 5.97 Å². The van der Waals surface area contributed by atoms with Crippen molar-refractivity contribution in [1.82, 2.24) is 0 Å². The number of nitrogens with two attached hydrogens (primary N) is 1. The lowest BCUT2D eigenvalue weighted by Gasteiger charge is -2.16. The predicted molar refractivity (Wildman–Crippen MR) is 94.2 cm³/mol. The van der Waals surface area contributed by atoms with Gasteiger partial charge in [-0.05, 0) is 64.8 Å². The first-order valence-electron chi connectivity index (χ1n) is 6.65. The molecular weight excluding hydrogens is 377 g/mol. The number of hydrogen-bond donors (Lipinski definition) is 1. The van der Waals surface area contributed by atoms with Crippen LogP contribution in [0.25, 0.3) is 11.1 Å². The van der Waals surface area contributed by atoms with E-state index in [2.05, 4.69) is 53.8 Å². The summed E-state index contributed by atoms with van der Waals surface area (Å²) in [7, 11) is 1.40. The topological polar surface area (TPSA) is 52.3 Å². The zero-order chi connectivity index (χ0) is 15.6. The second kappa shape index (κ2) is 6.47. The van der Waals surface area contributed by atoms with Crippen molar-refractivity contribution in [2.75, 3.05) is 12.8 Å². The number of benzene rings is 2. The van der Waals surface area contributed by atoms with Crippen molar-refractivity contribution in [3.63, 3.8) is 0 Å². The van der Waals surface area contributed by atoms with E-state index < -0.39 is 0 Å². The summed E-state index contributed by atoms with van der Waals surface area (Å²) in [6.45, 7) is 4.00. The van der Waals surface area contributed by atoms with E-state index in [9.17, 15) is 4.79 Å². The van der Waals surface area contributed by atoms with Crippen molar-refractivity contribution in [3.8, 4) is 11.1 Å². The third-order valence-electron chi connectivity index (χ3n) is 3.62. The largest absolute Gasteiger partial charge is 0.469 e. The summed E-state index contributed by atoms with van der Waals surface area (Å²) in [6, 6.07) is 10.3. The van der Waals surface area contributed by atoms with Crippen molar-refractivity contribution in [2.24, 2.45) is 0 Å². The smallest absolute Gasteiger partial charge is 0.310 e.